The van der Waals surface area contributed by atoms with E-state index in [1.807, 2.05) is 0 Å². The average Bonchev–Trinajstić information content (AvgIpc) is 3.05. The number of aryl methyl sites for hydroxylation is 2. The Kier molecular flexibility index (Phi) is 5.03. The van der Waals surface area contributed by atoms with Crippen LogP contribution < -0.4 is 10.6 Å². The van der Waals surface area contributed by atoms with Crippen LogP contribution in [-0.2, 0) is 7.05 Å². The summed E-state index contributed by atoms with van der Waals surface area (Å²) in [5.74, 6) is -1.02. The van der Waals surface area contributed by atoms with Crippen LogP contribution in [0, 0.1) is 12.7 Å². The molecule has 3 aromatic rings. The molecular weight excluding hydrogens is 347 g/mol. The molecule has 0 radical (unpaired) electrons. The quantitative estimate of drug-likeness (QED) is 0.745. The molecule has 0 saturated carbocycles. The number of para-hydroxylation sites is 1. The van der Waals surface area contributed by atoms with Crippen LogP contribution in [0.4, 0.5) is 10.1 Å². The summed E-state index contributed by atoms with van der Waals surface area (Å²) in [6.07, 6.45) is 0. The molecule has 7 heteroatoms. The summed E-state index contributed by atoms with van der Waals surface area (Å²) in [6.45, 7) is 1.68. The fraction of sp³-hybridized carbons (Fsp3) is 0.150. The SMILES string of the molecule is CNC(=O)c1ccccc1NC(=O)c1cc(-c2ccc(F)c(C)c2)n(C)n1. The van der Waals surface area contributed by atoms with Gasteiger partial charge in [0.2, 0.25) is 0 Å². The standard InChI is InChI=1S/C20H19FN4O2/c1-12-10-13(8-9-15(12)21)18-11-17(24-25(18)3)20(27)23-16-7-5-4-6-14(16)19(26)22-2/h4-11H,1-3H3,(H,22,26)(H,23,27). The molecule has 6 nitrogen and oxygen atoms in total. The van der Waals surface area contributed by atoms with Gasteiger partial charge in [0, 0.05) is 19.7 Å². The minimum absolute atomic E-state index is 0.196. The lowest BCUT2D eigenvalue weighted by Gasteiger charge is -2.08. The monoisotopic (exact) mass is 366 g/mol. The van der Waals surface area contributed by atoms with E-state index in [4.69, 9.17) is 0 Å². The maximum atomic E-state index is 13.5. The van der Waals surface area contributed by atoms with Crippen LogP contribution >= 0.6 is 0 Å². The molecule has 0 aliphatic rings. The van der Waals surface area contributed by atoms with E-state index >= 15 is 0 Å². The first-order chi connectivity index (χ1) is 12.9. The maximum Gasteiger partial charge on any atom is 0.276 e. The van der Waals surface area contributed by atoms with Gasteiger partial charge in [-0.15, -0.1) is 0 Å². The first kappa shape index (κ1) is 18.3. The fourth-order valence-corrected chi connectivity index (χ4v) is 2.76. The average molecular weight is 366 g/mol. The van der Waals surface area contributed by atoms with Crippen LogP contribution in [-0.4, -0.2) is 28.6 Å². The number of benzene rings is 2. The van der Waals surface area contributed by atoms with E-state index in [1.165, 1.54) is 13.1 Å². The van der Waals surface area contributed by atoms with Crippen molar-refractivity contribution in [1.82, 2.24) is 15.1 Å². The molecule has 2 amide bonds. The van der Waals surface area contributed by atoms with Crippen LogP contribution in [0.25, 0.3) is 11.3 Å². The molecular formula is C20H19FN4O2. The van der Waals surface area contributed by atoms with Gasteiger partial charge in [0.1, 0.15) is 5.82 Å². The van der Waals surface area contributed by atoms with Crippen molar-refractivity contribution in [1.29, 1.82) is 0 Å². The lowest BCUT2D eigenvalue weighted by Crippen LogP contribution is -2.21. The van der Waals surface area contributed by atoms with Crippen molar-refractivity contribution in [2.24, 2.45) is 7.05 Å². The second-order valence-electron chi connectivity index (χ2n) is 6.08. The lowest BCUT2D eigenvalue weighted by atomic mass is 10.1. The Morgan fingerprint density at radius 1 is 1.07 bits per heavy atom. The number of anilines is 1. The van der Waals surface area contributed by atoms with E-state index in [1.54, 1.807) is 61.1 Å². The van der Waals surface area contributed by atoms with Crippen molar-refractivity contribution in [2.75, 3.05) is 12.4 Å². The highest BCUT2D eigenvalue weighted by atomic mass is 19.1. The molecule has 2 N–H and O–H groups in total. The van der Waals surface area contributed by atoms with Gasteiger partial charge in [-0.25, -0.2) is 4.39 Å². The largest absolute Gasteiger partial charge is 0.355 e. The third kappa shape index (κ3) is 3.72. The Labute approximate surface area is 156 Å². The van der Waals surface area contributed by atoms with E-state index < -0.39 is 5.91 Å². The molecule has 27 heavy (non-hydrogen) atoms. The molecule has 0 saturated heterocycles. The Balaban J connectivity index is 1.89. The van der Waals surface area contributed by atoms with Gasteiger partial charge in [-0.1, -0.05) is 12.1 Å². The first-order valence-corrected chi connectivity index (χ1v) is 8.33. The number of hydrogen-bond donors (Lipinski definition) is 2. The van der Waals surface area contributed by atoms with Crippen LogP contribution in [0.5, 0.6) is 0 Å². The van der Waals surface area contributed by atoms with Crippen molar-refractivity contribution in [3.63, 3.8) is 0 Å². The molecule has 0 atom stereocenters. The molecule has 0 spiro atoms. The highest BCUT2D eigenvalue weighted by molar-refractivity contribution is 6.08. The highest BCUT2D eigenvalue weighted by Crippen LogP contribution is 2.23. The van der Waals surface area contributed by atoms with Crippen molar-refractivity contribution < 1.29 is 14.0 Å². The van der Waals surface area contributed by atoms with E-state index in [9.17, 15) is 14.0 Å². The van der Waals surface area contributed by atoms with Crippen molar-refractivity contribution in [2.45, 2.75) is 6.92 Å². The van der Waals surface area contributed by atoms with Crippen molar-refractivity contribution >= 4 is 17.5 Å². The minimum atomic E-state index is -0.438. The van der Waals surface area contributed by atoms with Gasteiger partial charge in [-0.05, 0) is 48.9 Å². The zero-order valence-electron chi connectivity index (χ0n) is 15.2. The summed E-state index contributed by atoms with van der Waals surface area (Å²) < 4.78 is 15.1. The lowest BCUT2D eigenvalue weighted by molar-refractivity contribution is 0.0964. The maximum absolute atomic E-state index is 13.5. The van der Waals surface area contributed by atoms with Crippen LogP contribution in [0.1, 0.15) is 26.4 Å². The third-order valence-electron chi connectivity index (χ3n) is 4.21. The number of carbonyl (C=O) groups is 2. The number of hydrogen-bond acceptors (Lipinski definition) is 3. The molecule has 0 unspecified atom stereocenters. The number of nitrogens with one attached hydrogen (secondary N) is 2. The topological polar surface area (TPSA) is 76.0 Å². The summed E-state index contributed by atoms with van der Waals surface area (Å²) in [7, 11) is 3.24. The normalized spacial score (nSPS) is 10.5. The predicted molar refractivity (Wildman–Crippen MR) is 101 cm³/mol. The number of nitrogens with zero attached hydrogens (tertiary/aromatic N) is 2. The second-order valence-corrected chi connectivity index (χ2v) is 6.08. The summed E-state index contributed by atoms with van der Waals surface area (Å²) in [6, 6.07) is 13.1. The Bertz CT molecular complexity index is 1030. The molecule has 0 bridgehead atoms. The van der Waals surface area contributed by atoms with E-state index in [0.29, 0.717) is 22.5 Å². The minimum Gasteiger partial charge on any atom is -0.355 e. The van der Waals surface area contributed by atoms with Gasteiger partial charge in [0.05, 0.1) is 16.9 Å². The van der Waals surface area contributed by atoms with Gasteiger partial charge in [0.15, 0.2) is 5.69 Å². The number of carbonyl (C=O) groups excluding carboxylic acids is 2. The number of amides is 2. The smallest absolute Gasteiger partial charge is 0.276 e. The van der Waals surface area contributed by atoms with Crippen LogP contribution in [0.2, 0.25) is 0 Å². The molecule has 1 heterocycles. The van der Waals surface area contributed by atoms with E-state index in [2.05, 4.69) is 15.7 Å². The van der Waals surface area contributed by atoms with Crippen molar-refractivity contribution in [3.8, 4) is 11.3 Å². The van der Waals surface area contributed by atoms with Crippen LogP contribution in [0.15, 0.2) is 48.5 Å². The predicted octanol–water partition coefficient (Wildman–Crippen LogP) is 3.15. The van der Waals surface area contributed by atoms with Crippen LogP contribution in [0.3, 0.4) is 0 Å². The molecule has 3 rings (SSSR count). The van der Waals surface area contributed by atoms with Gasteiger partial charge >= 0.3 is 0 Å². The molecule has 138 valence electrons. The summed E-state index contributed by atoms with van der Waals surface area (Å²) in [4.78, 5) is 24.6. The summed E-state index contributed by atoms with van der Waals surface area (Å²) in [5, 5.41) is 9.50. The summed E-state index contributed by atoms with van der Waals surface area (Å²) >= 11 is 0. The van der Waals surface area contributed by atoms with Gasteiger partial charge in [-0.2, -0.15) is 5.10 Å². The van der Waals surface area contributed by atoms with Crippen molar-refractivity contribution in [3.05, 3.63) is 71.2 Å². The first-order valence-electron chi connectivity index (χ1n) is 8.33. The van der Waals surface area contributed by atoms with Gasteiger partial charge < -0.3 is 10.6 Å². The fourth-order valence-electron chi connectivity index (χ4n) is 2.76. The number of halogens is 1. The zero-order valence-corrected chi connectivity index (χ0v) is 15.2. The van der Waals surface area contributed by atoms with Gasteiger partial charge in [-0.3, -0.25) is 14.3 Å². The van der Waals surface area contributed by atoms with E-state index in [0.717, 1.165) is 5.56 Å². The molecule has 2 aromatic carbocycles. The molecule has 0 fully saturated rings. The Hall–Kier alpha value is -3.48. The molecule has 1 aromatic heterocycles. The molecule has 0 aliphatic carbocycles. The van der Waals surface area contributed by atoms with E-state index in [-0.39, 0.29) is 17.4 Å². The second kappa shape index (κ2) is 7.41. The summed E-state index contributed by atoms with van der Waals surface area (Å²) in [5.41, 5.74) is 2.90. The molecule has 0 aliphatic heterocycles. The number of aromatic nitrogens is 2. The van der Waals surface area contributed by atoms with Gasteiger partial charge in [0.25, 0.3) is 11.8 Å². The Morgan fingerprint density at radius 2 is 1.81 bits per heavy atom. The third-order valence-corrected chi connectivity index (χ3v) is 4.21. The highest BCUT2D eigenvalue weighted by Gasteiger charge is 2.17. The Morgan fingerprint density at radius 3 is 2.52 bits per heavy atom. The number of rotatable bonds is 4. The zero-order chi connectivity index (χ0) is 19.6.